The van der Waals surface area contributed by atoms with Crippen LogP contribution < -0.4 is 0 Å². The van der Waals surface area contributed by atoms with Gasteiger partial charge in [-0.1, -0.05) is 76.9 Å². The Morgan fingerprint density at radius 2 is 1.22 bits per heavy atom. The van der Waals surface area contributed by atoms with Crippen molar-refractivity contribution in [2.45, 2.75) is 122 Å². The largest absolute Gasteiger partial charge is 0.466 e. The molecule has 0 saturated carbocycles. The molecule has 0 aliphatic carbocycles. The van der Waals surface area contributed by atoms with Gasteiger partial charge in [0.15, 0.2) is 0 Å². The summed E-state index contributed by atoms with van der Waals surface area (Å²) in [6, 6.07) is 0. The summed E-state index contributed by atoms with van der Waals surface area (Å²) in [5, 5.41) is 8.69. The number of unbranched alkanes of at least 4 members (excludes halogenated alkanes) is 14. The first-order valence-corrected chi connectivity index (χ1v) is 11.7. The van der Waals surface area contributed by atoms with Crippen molar-refractivity contribution in [1.82, 2.24) is 0 Å². The maximum Gasteiger partial charge on any atom is 0.305 e. The second-order valence-corrected chi connectivity index (χ2v) is 7.69. The zero-order valence-electron chi connectivity index (χ0n) is 18.1. The lowest BCUT2D eigenvalue weighted by Crippen LogP contribution is -2.05. The Hall–Kier alpha value is -0.830. The highest BCUT2D eigenvalue weighted by molar-refractivity contribution is 5.69. The van der Waals surface area contributed by atoms with E-state index in [4.69, 9.17) is 9.84 Å². The molecule has 1 N–H and O–H groups in total. The molecule has 0 aromatic carbocycles. The Labute approximate surface area is 169 Å². The first-order chi connectivity index (χ1) is 13.3. The Balaban J connectivity index is 3.19. The monoisotopic (exact) mass is 382 g/mol. The summed E-state index contributed by atoms with van der Waals surface area (Å²) in [4.78, 5) is 11.6. The van der Waals surface area contributed by atoms with Gasteiger partial charge >= 0.3 is 5.97 Å². The number of hydrogen-bond acceptors (Lipinski definition) is 3. The van der Waals surface area contributed by atoms with E-state index in [2.05, 4.69) is 19.1 Å². The van der Waals surface area contributed by atoms with E-state index >= 15 is 0 Å². The summed E-state index contributed by atoms with van der Waals surface area (Å²) in [5.74, 6) is -0.0465. The van der Waals surface area contributed by atoms with Gasteiger partial charge in [0.25, 0.3) is 0 Å². The Kier molecular flexibility index (Phi) is 22.5. The minimum atomic E-state index is -0.0465. The Morgan fingerprint density at radius 1 is 0.704 bits per heavy atom. The van der Waals surface area contributed by atoms with Crippen LogP contribution in [0, 0.1) is 0 Å². The minimum Gasteiger partial charge on any atom is -0.466 e. The predicted octanol–water partition coefficient (Wildman–Crippen LogP) is 7.12. The van der Waals surface area contributed by atoms with Gasteiger partial charge in [0, 0.05) is 13.0 Å². The first kappa shape index (κ1) is 26.2. The standard InChI is InChI=1S/C24H46O3/c1-2-3-4-5-6-7-8-9-10-11-12-13-14-15-18-21-24(26)27-23-20-17-16-19-22-25/h9-10,25H,2-8,11-23H2,1H3. The average molecular weight is 383 g/mol. The maximum atomic E-state index is 11.6. The van der Waals surface area contributed by atoms with Crippen LogP contribution in [0.25, 0.3) is 0 Å². The fourth-order valence-corrected chi connectivity index (χ4v) is 3.17. The van der Waals surface area contributed by atoms with E-state index in [1.165, 1.54) is 70.6 Å². The zero-order valence-corrected chi connectivity index (χ0v) is 18.1. The van der Waals surface area contributed by atoms with E-state index in [0.29, 0.717) is 13.0 Å². The molecule has 0 amide bonds. The molecular formula is C24H46O3. The molecule has 0 atom stereocenters. The quantitative estimate of drug-likeness (QED) is 0.131. The summed E-state index contributed by atoms with van der Waals surface area (Å²) < 4.78 is 5.23. The lowest BCUT2D eigenvalue weighted by molar-refractivity contribution is -0.143. The number of carbonyl (C=O) groups is 1. The van der Waals surface area contributed by atoms with Crippen molar-refractivity contribution in [3.63, 3.8) is 0 Å². The van der Waals surface area contributed by atoms with Gasteiger partial charge < -0.3 is 9.84 Å². The molecule has 27 heavy (non-hydrogen) atoms. The van der Waals surface area contributed by atoms with Crippen molar-refractivity contribution in [2.75, 3.05) is 13.2 Å². The lowest BCUT2D eigenvalue weighted by atomic mass is 10.1. The van der Waals surface area contributed by atoms with Gasteiger partial charge in [0.2, 0.25) is 0 Å². The van der Waals surface area contributed by atoms with Crippen molar-refractivity contribution < 1.29 is 14.6 Å². The van der Waals surface area contributed by atoms with Crippen molar-refractivity contribution >= 4 is 5.97 Å². The van der Waals surface area contributed by atoms with Crippen LogP contribution in [0.2, 0.25) is 0 Å². The topological polar surface area (TPSA) is 46.5 Å². The average Bonchev–Trinajstić information content (AvgIpc) is 2.67. The van der Waals surface area contributed by atoms with Crippen LogP contribution in [0.3, 0.4) is 0 Å². The maximum absolute atomic E-state index is 11.6. The Bertz CT molecular complexity index is 326. The number of hydrogen-bond donors (Lipinski definition) is 1. The number of ether oxygens (including phenoxy) is 1. The van der Waals surface area contributed by atoms with Gasteiger partial charge in [0.1, 0.15) is 0 Å². The van der Waals surface area contributed by atoms with Gasteiger partial charge in [-0.2, -0.15) is 0 Å². The second kappa shape index (κ2) is 23.2. The summed E-state index contributed by atoms with van der Waals surface area (Å²) in [5.41, 5.74) is 0. The van der Waals surface area contributed by atoms with Crippen LogP contribution in [0.15, 0.2) is 12.2 Å². The summed E-state index contributed by atoms with van der Waals surface area (Å²) in [6.45, 7) is 3.06. The smallest absolute Gasteiger partial charge is 0.305 e. The Morgan fingerprint density at radius 3 is 1.85 bits per heavy atom. The van der Waals surface area contributed by atoms with Crippen molar-refractivity contribution in [3.05, 3.63) is 12.2 Å². The fourth-order valence-electron chi connectivity index (χ4n) is 3.17. The number of carbonyl (C=O) groups excluding carboxylic acids is 1. The number of aliphatic hydroxyl groups excluding tert-OH is 1. The number of allylic oxidation sites excluding steroid dienone is 2. The summed E-state index contributed by atoms with van der Waals surface area (Å²) in [7, 11) is 0. The minimum absolute atomic E-state index is 0.0465. The van der Waals surface area contributed by atoms with Gasteiger partial charge in [-0.25, -0.2) is 0 Å². The van der Waals surface area contributed by atoms with E-state index < -0.39 is 0 Å². The van der Waals surface area contributed by atoms with Crippen LogP contribution >= 0.6 is 0 Å². The molecule has 0 rings (SSSR count). The fraction of sp³-hybridized carbons (Fsp3) is 0.875. The molecule has 0 radical (unpaired) electrons. The van der Waals surface area contributed by atoms with E-state index in [1.807, 2.05) is 0 Å². The highest BCUT2D eigenvalue weighted by Gasteiger charge is 2.02. The molecule has 0 unspecified atom stereocenters. The zero-order chi connectivity index (χ0) is 19.8. The van der Waals surface area contributed by atoms with Crippen LogP contribution in [-0.2, 0) is 9.53 Å². The van der Waals surface area contributed by atoms with Crippen molar-refractivity contribution in [3.8, 4) is 0 Å². The molecule has 0 aromatic heterocycles. The molecule has 0 aliphatic heterocycles. The van der Waals surface area contributed by atoms with Gasteiger partial charge in [0.05, 0.1) is 6.61 Å². The van der Waals surface area contributed by atoms with Crippen LogP contribution in [0.1, 0.15) is 122 Å². The summed E-state index contributed by atoms with van der Waals surface area (Å²) >= 11 is 0. The van der Waals surface area contributed by atoms with E-state index in [-0.39, 0.29) is 12.6 Å². The molecule has 0 heterocycles. The SMILES string of the molecule is CCCCCCCCC=CCCCCCCCC(=O)OCCCCCCO. The molecule has 0 bridgehead atoms. The normalized spacial score (nSPS) is 11.3. The van der Waals surface area contributed by atoms with Gasteiger partial charge in [-0.15, -0.1) is 0 Å². The van der Waals surface area contributed by atoms with E-state index in [0.717, 1.165) is 38.5 Å². The number of esters is 1. The van der Waals surface area contributed by atoms with Crippen molar-refractivity contribution in [1.29, 1.82) is 0 Å². The molecule has 0 spiro atoms. The van der Waals surface area contributed by atoms with E-state index in [9.17, 15) is 4.79 Å². The molecule has 160 valence electrons. The highest BCUT2D eigenvalue weighted by Crippen LogP contribution is 2.10. The molecular weight excluding hydrogens is 336 g/mol. The number of rotatable bonds is 21. The van der Waals surface area contributed by atoms with Crippen LogP contribution in [-0.4, -0.2) is 24.3 Å². The molecule has 0 saturated heterocycles. The molecule has 3 heteroatoms. The van der Waals surface area contributed by atoms with Crippen LogP contribution in [0.5, 0.6) is 0 Å². The summed E-state index contributed by atoms with van der Waals surface area (Å²) in [6.07, 6.45) is 25.6. The van der Waals surface area contributed by atoms with Gasteiger partial charge in [-0.05, 0) is 51.4 Å². The van der Waals surface area contributed by atoms with E-state index in [1.54, 1.807) is 0 Å². The third-order valence-electron chi connectivity index (χ3n) is 4.96. The third-order valence-corrected chi connectivity index (χ3v) is 4.96. The molecule has 0 fully saturated rings. The van der Waals surface area contributed by atoms with Gasteiger partial charge in [-0.3, -0.25) is 4.79 Å². The van der Waals surface area contributed by atoms with Crippen molar-refractivity contribution in [2.24, 2.45) is 0 Å². The molecule has 0 aliphatic rings. The molecule has 3 nitrogen and oxygen atoms in total. The highest BCUT2D eigenvalue weighted by atomic mass is 16.5. The number of aliphatic hydroxyl groups is 1. The third kappa shape index (κ3) is 23.1. The lowest BCUT2D eigenvalue weighted by Gasteiger charge is -2.04. The predicted molar refractivity (Wildman–Crippen MR) is 116 cm³/mol. The molecule has 0 aromatic rings. The first-order valence-electron chi connectivity index (χ1n) is 11.7. The second-order valence-electron chi connectivity index (χ2n) is 7.69. The van der Waals surface area contributed by atoms with Crippen LogP contribution in [0.4, 0.5) is 0 Å².